The van der Waals surface area contributed by atoms with Crippen molar-refractivity contribution in [3.8, 4) is 0 Å². The third-order valence-electron chi connectivity index (χ3n) is 3.55. The zero-order chi connectivity index (χ0) is 13.9. The summed E-state index contributed by atoms with van der Waals surface area (Å²) in [5, 5.41) is 6.54. The number of nitrogens with one attached hydrogen (secondary N) is 2. The van der Waals surface area contributed by atoms with Gasteiger partial charge in [0.1, 0.15) is 5.82 Å². The fourth-order valence-electron chi connectivity index (χ4n) is 2.35. The van der Waals surface area contributed by atoms with Crippen LogP contribution in [0.15, 0.2) is 18.2 Å². The summed E-state index contributed by atoms with van der Waals surface area (Å²) in [4.78, 5) is 12.0. The molecule has 1 aromatic carbocycles. The Morgan fingerprint density at radius 2 is 2.10 bits per heavy atom. The Bertz CT molecular complexity index is 456. The summed E-state index contributed by atoms with van der Waals surface area (Å²) in [6.07, 6.45) is 1.74. The van der Waals surface area contributed by atoms with E-state index in [1.165, 1.54) is 12.1 Å². The van der Waals surface area contributed by atoms with Crippen molar-refractivity contribution >= 4 is 29.9 Å². The molecule has 1 aliphatic heterocycles. The molecule has 0 aliphatic carbocycles. The number of amides is 1. The van der Waals surface area contributed by atoms with E-state index in [0.717, 1.165) is 25.9 Å². The summed E-state index contributed by atoms with van der Waals surface area (Å²) in [5.41, 5.74) is 0.0549. The maximum Gasteiger partial charge on any atom is 0.225 e. The highest BCUT2D eigenvalue weighted by molar-refractivity contribution is 6.31. The third-order valence-corrected chi connectivity index (χ3v) is 3.90. The number of carbonyl (C=O) groups excluding carboxylic acids is 1. The first kappa shape index (κ1) is 17.2. The summed E-state index contributed by atoms with van der Waals surface area (Å²) in [5.74, 6) is -0.616. The van der Waals surface area contributed by atoms with Crippen molar-refractivity contribution in [3.05, 3.63) is 34.6 Å². The Morgan fingerprint density at radius 3 is 2.70 bits per heavy atom. The van der Waals surface area contributed by atoms with Crippen LogP contribution in [0.5, 0.6) is 0 Å². The molecule has 0 saturated carbocycles. The molecule has 0 atom stereocenters. The van der Waals surface area contributed by atoms with Crippen LogP contribution in [-0.2, 0) is 11.2 Å². The van der Waals surface area contributed by atoms with Gasteiger partial charge in [-0.2, -0.15) is 0 Å². The van der Waals surface area contributed by atoms with Crippen LogP contribution in [-0.4, -0.2) is 24.5 Å². The minimum absolute atomic E-state index is 0. The molecular weight excluding hydrogens is 302 g/mol. The van der Waals surface area contributed by atoms with Crippen LogP contribution in [0.1, 0.15) is 25.3 Å². The van der Waals surface area contributed by atoms with Crippen molar-refractivity contribution < 1.29 is 9.18 Å². The second-order valence-electron chi connectivity index (χ2n) is 5.24. The van der Waals surface area contributed by atoms with Crippen molar-refractivity contribution in [1.82, 2.24) is 10.6 Å². The number of benzene rings is 1. The van der Waals surface area contributed by atoms with Gasteiger partial charge in [0.25, 0.3) is 0 Å². The predicted molar refractivity (Wildman–Crippen MR) is 81.0 cm³/mol. The molecule has 6 heteroatoms. The van der Waals surface area contributed by atoms with Gasteiger partial charge in [-0.15, -0.1) is 12.4 Å². The first-order chi connectivity index (χ1) is 9.00. The zero-order valence-electron chi connectivity index (χ0n) is 11.3. The molecule has 0 aromatic heterocycles. The maximum atomic E-state index is 13.6. The van der Waals surface area contributed by atoms with Gasteiger partial charge in [-0.05, 0) is 45.0 Å². The Balaban J connectivity index is 0.00000200. The van der Waals surface area contributed by atoms with Crippen molar-refractivity contribution in [2.45, 2.75) is 31.7 Å². The fourth-order valence-corrected chi connectivity index (χ4v) is 2.58. The number of carbonyl (C=O) groups is 1. The van der Waals surface area contributed by atoms with Crippen LogP contribution in [0.2, 0.25) is 5.02 Å². The Kier molecular flexibility index (Phi) is 6.24. The van der Waals surface area contributed by atoms with Crippen LogP contribution < -0.4 is 10.6 Å². The van der Waals surface area contributed by atoms with Gasteiger partial charge in [-0.3, -0.25) is 4.79 Å². The molecular formula is C14H19Cl2FN2O. The number of hydrogen-bond acceptors (Lipinski definition) is 2. The molecule has 20 heavy (non-hydrogen) atoms. The quantitative estimate of drug-likeness (QED) is 0.899. The van der Waals surface area contributed by atoms with E-state index < -0.39 is 5.82 Å². The number of hydrogen-bond donors (Lipinski definition) is 2. The van der Waals surface area contributed by atoms with E-state index in [4.69, 9.17) is 11.6 Å². The molecule has 3 nitrogen and oxygen atoms in total. The van der Waals surface area contributed by atoms with Crippen LogP contribution in [0.3, 0.4) is 0 Å². The van der Waals surface area contributed by atoms with Gasteiger partial charge >= 0.3 is 0 Å². The SMILES string of the molecule is CC1(NC(=O)Cc2c(F)cccc2Cl)CCNCC1.Cl. The van der Waals surface area contributed by atoms with Crippen molar-refractivity contribution in [3.63, 3.8) is 0 Å². The van der Waals surface area contributed by atoms with Crippen LogP contribution >= 0.6 is 24.0 Å². The lowest BCUT2D eigenvalue weighted by molar-refractivity contribution is -0.122. The number of rotatable bonds is 3. The molecule has 112 valence electrons. The molecule has 1 saturated heterocycles. The molecule has 0 spiro atoms. The van der Waals surface area contributed by atoms with Crippen molar-refractivity contribution in [2.75, 3.05) is 13.1 Å². The minimum atomic E-state index is -0.432. The number of halogens is 3. The van der Waals surface area contributed by atoms with Crippen molar-refractivity contribution in [2.24, 2.45) is 0 Å². The average Bonchev–Trinajstić information content (AvgIpc) is 2.34. The first-order valence-electron chi connectivity index (χ1n) is 6.45. The van der Waals surface area contributed by atoms with Crippen LogP contribution in [0.4, 0.5) is 4.39 Å². The smallest absolute Gasteiger partial charge is 0.225 e. The highest BCUT2D eigenvalue weighted by Crippen LogP contribution is 2.21. The second-order valence-corrected chi connectivity index (χ2v) is 5.64. The molecule has 1 fully saturated rings. The van der Waals surface area contributed by atoms with Gasteiger partial charge in [-0.1, -0.05) is 17.7 Å². The first-order valence-corrected chi connectivity index (χ1v) is 6.83. The zero-order valence-corrected chi connectivity index (χ0v) is 12.9. The summed E-state index contributed by atoms with van der Waals surface area (Å²) in [6.45, 7) is 3.79. The maximum absolute atomic E-state index is 13.6. The summed E-state index contributed by atoms with van der Waals surface area (Å²) in [7, 11) is 0. The molecule has 1 aliphatic rings. The van der Waals surface area contributed by atoms with Gasteiger partial charge in [0.05, 0.1) is 6.42 Å². The van der Waals surface area contributed by atoms with E-state index in [2.05, 4.69) is 10.6 Å². The van der Waals surface area contributed by atoms with E-state index in [0.29, 0.717) is 5.02 Å². The summed E-state index contributed by atoms with van der Waals surface area (Å²) >= 11 is 5.92. The predicted octanol–water partition coefficient (Wildman–Crippen LogP) is 2.70. The van der Waals surface area contributed by atoms with Gasteiger partial charge in [0.2, 0.25) is 5.91 Å². The molecule has 1 amide bonds. The Hall–Kier alpha value is -0.840. The van der Waals surface area contributed by atoms with Crippen LogP contribution in [0.25, 0.3) is 0 Å². The van der Waals surface area contributed by atoms with Gasteiger partial charge in [-0.25, -0.2) is 4.39 Å². The van der Waals surface area contributed by atoms with Gasteiger partial charge in [0, 0.05) is 16.1 Å². The normalized spacial score (nSPS) is 17.1. The van der Waals surface area contributed by atoms with Gasteiger partial charge < -0.3 is 10.6 Å². The lowest BCUT2D eigenvalue weighted by Crippen LogP contribution is -2.52. The topological polar surface area (TPSA) is 41.1 Å². The van der Waals surface area contributed by atoms with E-state index in [-0.39, 0.29) is 35.8 Å². The second kappa shape index (κ2) is 7.25. The van der Waals surface area contributed by atoms with Crippen LogP contribution in [0, 0.1) is 5.82 Å². The average molecular weight is 321 g/mol. The monoisotopic (exact) mass is 320 g/mol. The molecule has 1 heterocycles. The molecule has 1 aromatic rings. The van der Waals surface area contributed by atoms with E-state index >= 15 is 0 Å². The Labute approximate surface area is 129 Å². The molecule has 2 N–H and O–H groups in total. The van der Waals surface area contributed by atoms with E-state index in [9.17, 15) is 9.18 Å². The highest BCUT2D eigenvalue weighted by Gasteiger charge is 2.28. The largest absolute Gasteiger partial charge is 0.351 e. The van der Waals surface area contributed by atoms with Crippen molar-refractivity contribution in [1.29, 1.82) is 0 Å². The number of piperidine rings is 1. The summed E-state index contributed by atoms with van der Waals surface area (Å²) in [6, 6.07) is 4.45. The fraction of sp³-hybridized carbons (Fsp3) is 0.500. The lowest BCUT2D eigenvalue weighted by atomic mass is 9.90. The molecule has 0 radical (unpaired) electrons. The summed E-state index contributed by atoms with van der Waals surface area (Å²) < 4.78 is 13.6. The molecule has 0 bridgehead atoms. The molecule has 0 unspecified atom stereocenters. The standard InChI is InChI=1S/C14H18ClFN2O.ClH/c1-14(5-7-17-8-6-14)18-13(19)9-10-11(15)3-2-4-12(10)16;/h2-4,17H,5-9H2,1H3,(H,18,19);1H. The minimum Gasteiger partial charge on any atom is -0.351 e. The molecule has 2 rings (SSSR count). The lowest BCUT2D eigenvalue weighted by Gasteiger charge is -2.35. The van der Waals surface area contributed by atoms with E-state index in [1.807, 2.05) is 6.92 Å². The third kappa shape index (κ3) is 4.33. The highest BCUT2D eigenvalue weighted by atomic mass is 35.5. The van der Waals surface area contributed by atoms with Gasteiger partial charge in [0.15, 0.2) is 0 Å². The Morgan fingerprint density at radius 1 is 1.45 bits per heavy atom. The van der Waals surface area contributed by atoms with E-state index in [1.54, 1.807) is 6.07 Å².